The number of methoxy groups -OCH3 is 2. The number of piperidine rings is 2. The highest BCUT2D eigenvalue weighted by Crippen LogP contribution is 2.55. The molecule has 3 aromatic rings. The molecule has 51 heavy (non-hydrogen) atoms. The Hall–Kier alpha value is -4.26. The number of carbonyl (C=O) groups is 1. The second-order valence-electron chi connectivity index (χ2n) is 14.7. The van der Waals surface area contributed by atoms with Crippen LogP contribution in [0.2, 0.25) is 0 Å². The van der Waals surface area contributed by atoms with Gasteiger partial charge in [-0.05, 0) is 86.5 Å². The first kappa shape index (κ1) is 35.2. The number of nitrogens with zero attached hydrogens (tertiary/aromatic N) is 6. The number of aliphatic hydroxyl groups is 1. The van der Waals surface area contributed by atoms with E-state index in [4.69, 9.17) is 14.2 Å². The van der Waals surface area contributed by atoms with E-state index in [0.717, 1.165) is 70.7 Å². The summed E-state index contributed by atoms with van der Waals surface area (Å²) in [7, 11) is 3.19. The number of aliphatic hydroxyl groups excluding tert-OH is 1. The molecule has 2 saturated heterocycles. The summed E-state index contributed by atoms with van der Waals surface area (Å²) in [6, 6.07) is 4.52. The van der Waals surface area contributed by atoms with Gasteiger partial charge in [0.2, 0.25) is 11.9 Å². The van der Waals surface area contributed by atoms with Crippen molar-refractivity contribution in [3.63, 3.8) is 0 Å². The Balaban J connectivity index is 0.868. The Morgan fingerprint density at radius 3 is 1.88 bits per heavy atom. The average Bonchev–Trinajstić information content (AvgIpc) is 4.11. The number of aromatic nitrogens is 4. The zero-order valence-electron chi connectivity index (χ0n) is 29.4. The summed E-state index contributed by atoms with van der Waals surface area (Å²) in [5, 5.41) is 20.7. The number of hydrogen-bond acceptors (Lipinski definition) is 11. The quantitative estimate of drug-likeness (QED) is 0.218. The number of hydrogen-bond donors (Lipinski definition) is 2. The summed E-state index contributed by atoms with van der Waals surface area (Å²) in [4.78, 5) is 34.6. The van der Waals surface area contributed by atoms with Gasteiger partial charge in [-0.2, -0.15) is 0 Å². The van der Waals surface area contributed by atoms with Crippen molar-refractivity contribution in [1.82, 2.24) is 19.9 Å². The Morgan fingerprint density at radius 2 is 1.39 bits per heavy atom. The molecule has 2 unspecified atom stereocenters. The molecule has 0 radical (unpaired) electrons. The summed E-state index contributed by atoms with van der Waals surface area (Å²) < 4.78 is 31.9. The second kappa shape index (κ2) is 15.5. The summed E-state index contributed by atoms with van der Waals surface area (Å²) in [6.07, 6.45) is 13.8. The Bertz CT molecular complexity index is 1620. The molecule has 7 rings (SSSR count). The van der Waals surface area contributed by atoms with Crippen molar-refractivity contribution in [3.05, 3.63) is 54.4 Å². The van der Waals surface area contributed by atoms with Gasteiger partial charge in [-0.3, -0.25) is 4.79 Å². The lowest BCUT2D eigenvalue weighted by Gasteiger charge is -2.33. The van der Waals surface area contributed by atoms with Gasteiger partial charge < -0.3 is 34.2 Å². The molecule has 0 bridgehead atoms. The monoisotopic (exact) mass is 704 g/mol. The SMILES string of the molecule is COc1cnc(N2CCC([C@H]3C[C@H]3CCOc3ccc(C(C(=O)O)C(CO)[C@H]4C[C@@H]4C4CCN(c5ncc(OC)cn5)CC4)c(F)c3)CC2)nc1. The molecule has 2 aliphatic carbocycles. The van der Waals surface area contributed by atoms with Crippen LogP contribution in [0.4, 0.5) is 16.3 Å². The number of ether oxygens (including phenoxy) is 3. The molecule has 1 aromatic carbocycles. The highest BCUT2D eigenvalue weighted by Gasteiger charge is 2.51. The molecule has 0 spiro atoms. The predicted molar refractivity (Wildman–Crippen MR) is 188 cm³/mol. The Labute approximate surface area is 298 Å². The van der Waals surface area contributed by atoms with Gasteiger partial charge in [-0.15, -0.1) is 0 Å². The lowest BCUT2D eigenvalue weighted by Crippen LogP contribution is -2.36. The molecule has 4 fully saturated rings. The highest BCUT2D eigenvalue weighted by molar-refractivity contribution is 5.77. The maximum atomic E-state index is 15.6. The molecule has 2 N–H and O–H groups in total. The van der Waals surface area contributed by atoms with Crippen LogP contribution >= 0.6 is 0 Å². The number of benzene rings is 1. The van der Waals surface area contributed by atoms with E-state index in [9.17, 15) is 15.0 Å². The van der Waals surface area contributed by atoms with Crippen LogP contribution in [0, 0.1) is 47.2 Å². The van der Waals surface area contributed by atoms with Gasteiger partial charge in [0.05, 0.1) is 51.5 Å². The molecule has 12 nitrogen and oxygen atoms in total. The molecule has 6 atom stereocenters. The molecule has 4 heterocycles. The van der Waals surface area contributed by atoms with Crippen LogP contribution in [0.5, 0.6) is 17.2 Å². The third-order valence-electron chi connectivity index (χ3n) is 11.9. The van der Waals surface area contributed by atoms with Crippen LogP contribution in [-0.2, 0) is 4.79 Å². The van der Waals surface area contributed by atoms with Crippen molar-refractivity contribution in [3.8, 4) is 17.2 Å². The van der Waals surface area contributed by atoms with E-state index in [-0.39, 0.29) is 18.1 Å². The summed E-state index contributed by atoms with van der Waals surface area (Å²) >= 11 is 0. The van der Waals surface area contributed by atoms with Gasteiger partial charge in [-0.25, -0.2) is 24.3 Å². The van der Waals surface area contributed by atoms with Crippen LogP contribution in [0.3, 0.4) is 0 Å². The van der Waals surface area contributed by atoms with E-state index in [2.05, 4.69) is 29.7 Å². The van der Waals surface area contributed by atoms with Gasteiger partial charge in [-0.1, -0.05) is 6.07 Å². The van der Waals surface area contributed by atoms with Gasteiger partial charge in [0.15, 0.2) is 11.5 Å². The molecular formula is C38H49FN6O6. The fourth-order valence-corrected chi connectivity index (χ4v) is 8.87. The molecule has 2 aromatic heterocycles. The summed E-state index contributed by atoms with van der Waals surface area (Å²) in [5.74, 6) is 2.47. The largest absolute Gasteiger partial charge is 0.494 e. The topological polar surface area (TPSA) is 143 Å². The average molecular weight is 705 g/mol. The van der Waals surface area contributed by atoms with E-state index in [1.54, 1.807) is 45.1 Å². The van der Waals surface area contributed by atoms with Gasteiger partial charge in [0.25, 0.3) is 0 Å². The van der Waals surface area contributed by atoms with E-state index in [1.807, 2.05) is 0 Å². The van der Waals surface area contributed by atoms with Gasteiger partial charge in [0, 0.05) is 50.3 Å². The van der Waals surface area contributed by atoms with Crippen LogP contribution in [0.1, 0.15) is 56.4 Å². The van der Waals surface area contributed by atoms with Crippen molar-refractivity contribution in [2.75, 3.05) is 63.4 Å². The lowest BCUT2D eigenvalue weighted by atomic mass is 9.80. The van der Waals surface area contributed by atoms with Gasteiger partial charge >= 0.3 is 5.97 Å². The first-order chi connectivity index (χ1) is 24.9. The van der Waals surface area contributed by atoms with Crippen molar-refractivity contribution >= 4 is 17.9 Å². The normalized spacial score (nSPS) is 24.9. The molecular weight excluding hydrogens is 655 g/mol. The number of aliphatic carboxylic acids is 1. The predicted octanol–water partition coefficient (Wildman–Crippen LogP) is 5.07. The van der Waals surface area contributed by atoms with Crippen LogP contribution < -0.4 is 24.0 Å². The number of carboxylic acids is 1. The maximum Gasteiger partial charge on any atom is 0.311 e. The minimum absolute atomic E-state index is 0.0368. The molecule has 2 aliphatic heterocycles. The third kappa shape index (κ3) is 7.98. The van der Waals surface area contributed by atoms with Crippen molar-refractivity contribution in [2.45, 2.75) is 50.9 Å². The third-order valence-corrected chi connectivity index (χ3v) is 11.9. The number of rotatable bonds is 15. The molecule has 0 amide bonds. The van der Waals surface area contributed by atoms with E-state index in [0.29, 0.717) is 59.4 Å². The maximum absolute atomic E-state index is 15.6. The molecule has 2 saturated carbocycles. The fraction of sp³-hybridized carbons (Fsp3) is 0.605. The fourth-order valence-electron chi connectivity index (χ4n) is 8.87. The second-order valence-corrected chi connectivity index (χ2v) is 14.7. The first-order valence-corrected chi connectivity index (χ1v) is 18.3. The lowest BCUT2D eigenvalue weighted by molar-refractivity contribution is -0.141. The smallest absolute Gasteiger partial charge is 0.311 e. The van der Waals surface area contributed by atoms with Crippen LogP contribution in [0.25, 0.3) is 0 Å². The zero-order chi connectivity index (χ0) is 35.5. The van der Waals surface area contributed by atoms with E-state index < -0.39 is 23.6 Å². The van der Waals surface area contributed by atoms with E-state index >= 15 is 4.39 Å². The Morgan fingerprint density at radius 1 is 0.843 bits per heavy atom. The number of halogens is 1. The summed E-state index contributed by atoms with van der Waals surface area (Å²) in [5.41, 5.74) is 0.111. The molecule has 4 aliphatic rings. The van der Waals surface area contributed by atoms with Crippen LogP contribution in [-0.4, -0.2) is 89.7 Å². The van der Waals surface area contributed by atoms with E-state index in [1.165, 1.54) is 18.6 Å². The van der Waals surface area contributed by atoms with Crippen molar-refractivity contribution in [1.29, 1.82) is 0 Å². The van der Waals surface area contributed by atoms with Crippen LogP contribution in [0.15, 0.2) is 43.0 Å². The number of anilines is 2. The first-order valence-electron chi connectivity index (χ1n) is 18.3. The zero-order valence-corrected chi connectivity index (χ0v) is 29.4. The van der Waals surface area contributed by atoms with Crippen molar-refractivity contribution < 1.29 is 33.6 Å². The van der Waals surface area contributed by atoms with Gasteiger partial charge in [0.1, 0.15) is 11.6 Å². The molecule has 274 valence electrons. The minimum atomic E-state index is -1.12. The number of carboxylic acid groups (broad SMARTS) is 1. The highest BCUT2D eigenvalue weighted by atomic mass is 19.1. The minimum Gasteiger partial charge on any atom is -0.494 e. The molecule has 13 heteroatoms. The van der Waals surface area contributed by atoms with Crippen molar-refractivity contribution in [2.24, 2.45) is 41.4 Å². The Kier molecular flexibility index (Phi) is 10.7. The standard InChI is InChI=1S/C38H49FN6O6/c1-49-27-18-40-37(41-19-27)44-10-5-23(6-11-44)30-15-25(30)9-14-51-26-3-4-29(34(39)16-26)35(36(47)48)33(22-46)32-17-31(32)24-7-12-45(13-8-24)38-42-20-28(50-2)21-43-38/h3-4,16,18-21,23-25,30-33,35,46H,5-15,17,22H2,1-2H3,(H,47,48)/t25-,30-,31-,32+,33?,35?/m1/s1. The summed E-state index contributed by atoms with van der Waals surface area (Å²) in [6.45, 7) is 3.70.